The van der Waals surface area contributed by atoms with Crippen LogP contribution in [0.25, 0.3) is 0 Å². The minimum atomic E-state index is -0.234. The van der Waals surface area contributed by atoms with Gasteiger partial charge in [0.15, 0.2) is 5.11 Å². The number of amides is 2. The van der Waals surface area contributed by atoms with Gasteiger partial charge in [-0.2, -0.15) is 0 Å². The molecule has 0 aliphatic heterocycles. The Labute approximate surface area is 173 Å². The molecule has 0 aliphatic rings. The van der Waals surface area contributed by atoms with Gasteiger partial charge in [0.1, 0.15) is 0 Å². The predicted octanol–water partition coefficient (Wildman–Crippen LogP) is 3.82. The fraction of sp³-hybridized carbons (Fsp3) is 0. The van der Waals surface area contributed by atoms with Crippen LogP contribution in [0.15, 0.2) is 78.9 Å². The molecule has 0 fully saturated rings. The third kappa shape index (κ3) is 6.05. The van der Waals surface area contributed by atoms with Crippen molar-refractivity contribution in [3.63, 3.8) is 0 Å². The Hall–Kier alpha value is -3.91. The van der Waals surface area contributed by atoms with Crippen LogP contribution in [0.1, 0.15) is 10.4 Å². The fourth-order valence-corrected chi connectivity index (χ4v) is 2.71. The molecule has 0 radical (unpaired) electrons. The number of nitrogens with one attached hydrogen (secondary N) is 5. The number of hydrogen-bond donors (Lipinski definition) is 5. The summed E-state index contributed by atoms with van der Waals surface area (Å²) in [5.41, 5.74) is 8.54. The Balaban J connectivity index is 1.53. The van der Waals surface area contributed by atoms with Crippen molar-refractivity contribution in [1.82, 2.24) is 5.43 Å². The van der Waals surface area contributed by atoms with E-state index in [1.807, 2.05) is 42.5 Å². The maximum absolute atomic E-state index is 12.4. The zero-order valence-electron chi connectivity index (χ0n) is 15.3. The predicted molar refractivity (Wildman–Crippen MR) is 120 cm³/mol. The molecular weight excluding hydrogens is 386 g/mol. The number of rotatable bonds is 7. The number of thiocarbonyl (C=S) groups is 1. The summed E-state index contributed by atoms with van der Waals surface area (Å²) in [7, 11) is 0. The number of carbonyl (C=O) groups is 2. The van der Waals surface area contributed by atoms with Crippen LogP contribution in [-0.4, -0.2) is 17.4 Å². The molecule has 0 heterocycles. The second-order valence-corrected chi connectivity index (χ2v) is 6.35. The monoisotopic (exact) mass is 405 g/mol. The van der Waals surface area contributed by atoms with Crippen LogP contribution in [-0.2, 0) is 4.79 Å². The molecule has 146 valence electrons. The van der Waals surface area contributed by atoms with E-state index < -0.39 is 0 Å². The Morgan fingerprint density at radius 3 is 1.79 bits per heavy atom. The molecule has 0 saturated carbocycles. The lowest BCUT2D eigenvalue weighted by Gasteiger charge is -2.11. The summed E-state index contributed by atoms with van der Waals surface area (Å²) in [5.74, 6) is -0.234. The second kappa shape index (κ2) is 9.86. The smallest absolute Gasteiger partial charge is 0.255 e. The second-order valence-electron chi connectivity index (χ2n) is 5.94. The third-order valence-corrected chi connectivity index (χ3v) is 4.06. The number of para-hydroxylation sites is 1. The largest absolute Gasteiger partial charge is 0.332 e. The lowest BCUT2D eigenvalue weighted by molar-refractivity contribution is -0.109. The quantitative estimate of drug-likeness (QED) is 0.233. The number of benzene rings is 3. The van der Waals surface area contributed by atoms with Crippen molar-refractivity contribution in [3.05, 3.63) is 84.4 Å². The van der Waals surface area contributed by atoms with Crippen LogP contribution >= 0.6 is 12.2 Å². The first kappa shape index (κ1) is 19.8. The molecule has 0 saturated heterocycles. The molecule has 0 spiro atoms. The highest BCUT2D eigenvalue weighted by Crippen LogP contribution is 2.16. The zero-order valence-corrected chi connectivity index (χ0v) is 16.1. The van der Waals surface area contributed by atoms with Crippen LogP contribution in [0, 0.1) is 0 Å². The molecule has 2 amide bonds. The first-order chi connectivity index (χ1) is 14.1. The minimum Gasteiger partial charge on any atom is -0.332 e. The van der Waals surface area contributed by atoms with E-state index in [-0.39, 0.29) is 5.91 Å². The number of carbonyl (C=O) groups excluding carboxylic acids is 2. The van der Waals surface area contributed by atoms with Gasteiger partial charge in [-0.15, -0.1) is 0 Å². The van der Waals surface area contributed by atoms with Crippen molar-refractivity contribution in [2.75, 3.05) is 21.4 Å². The number of hydrogen-bond acceptors (Lipinski definition) is 4. The van der Waals surface area contributed by atoms with Gasteiger partial charge in [-0.3, -0.25) is 20.4 Å². The zero-order chi connectivity index (χ0) is 20.5. The highest BCUT2D eigenvalue weighted by molar-refractivity contribution is 7.80. The highest BCUT2D eigenvalue weighted by atomic mass is 32.1. The maximum Gasteiger partial charge on any atom is 0.255 e. The van der Waals surface area contributed by atoms with Crippen LogP contribution in [0.4, 0.5) is 22.7 Å². The Morgan fingerprint density at radius 1 is 0.690 bits per heavy atom. The van der Waals surface area contributed by atoms with Gasteiger partial charge in [0, 0.05) is 22.6 Å². The number of hydrazine groups is 1. The third-order valence-electron chi connectivity index (χ3n) is 3.85. The van der Waals surface area contributed by atoms with Gasteiger partial charge >= 0.3 is 0 Å². The Morgan fingerprint density at radius 2 is 1.21 bits per heavy atom. The van der Waals surface area contributed by atoms with E-state index in [4.69, 9.17) is 12.2 Å². The van der Waals surface area contributed by atoms with E-state index in [0.29, 0.717) is 28.5 Å². The lowest BCUT2D eigenvalue weighted by atomic mass is 10.2. The lowest BCUT2D eigenvalue weighted by Crippen LogP contribution is -2.19. The Bertz CT molecular complexity index is 976. The van der Waals surface area contributed by atoms with Crippen molar-refractivity contribution in [1.29, 1.82) is 0 Å². The summed E-state index contributed by atoms with van der Waals surface area (Å²) in [6, 6.07) is 23.6. The van der Waals surface area contributed by atoms with E-state index in [0.717, 1.165) is 11.4 Å². The standard InChI is InChI=1S/C21H19N5O2S/c27-14-22-26-19-8-6-15(7-9-19)20(28)23-17-10-12-18(13-11-17)25-21(29)24-16-4-2-1-3-5-16/h1-14,26H,(H,22,27)(H,23,28)(H2,24,25,29). The van der Waals surface area contributed by atoms with E-state index in [1.54, 1.807) is 36.4 Å². The maximum atomic E-state index is 12.4. The van der Waals surface area contributed by atoms with E-state index >= 15 is 0 Å². The van der Waals surface area contributed by atoms with E-state index in [1.165, 1.54) is 0 Å². The summed E-state index contributed by atoms with van der Waals surface area (Å²) in [6.07, 6.45) is 0.531. The first-order valence-corrected chi connectivity index (χ1v) is 9.14. The normalized spacial score (nSPS) is 9.79. The average Bonchev–Trinajstić information content (AvgIpc) is 2.74. The van der Waals surface area contributed by atoms with Crippen LogP contribution < -0.4 is 26.8 Å². The molecule has 3 aromatic carbocycles. The minimum absolute atomic E-state index is 0.234. The van der Waals surface area contributed by atoms with E-state index in [9.17, 15) is 9.59 Å². The summed E-state index contributed by atoms with van der Waals surface area (Å²) < 4.78 is 0. The summed E-state index contributed by atoms with van der Waals surface area (Å²) in [5, 5.41) is 9.50. The average molecular weight is 405 g/mol. The molecule has 3 rings (SSSR count). The van der Waals surface area contributed by atoms with Gasteiger partial charge in [0.05, 0.1) is 5.69 Å². The molecule has 0 bridgehead atoms. The molecule has 8 heteroatoms. The molecule has 0 aliphatic carbocycles. The molecular formula is C21H19N5O2S. The van der Waals surface area contributed by atoms with Gasteiger partial charge in [0.2, 0.25) is 6.41 Å². The highest BCUT2D eigenvalue weighted by Gasteiger charge is 2.06. The Kier molecular flexibility index (Phi) is 6.75. The SMILES string of the molecule is O=CNNc1ccc(C(=O)Nc2ccc(NC(=S)Nc3ccccc3)cc2)cc1. The van der Waals surface area contributed by atoms with Crippen molar-refractivity contribution >= 4 is 52.4 Å². The molecule has 0 atom stereocenters. The van der Waals surface area contributed by atoms with Crippen LogP contribution in [0.5, 0.6) is 0 Å². The molecule has 5 N–H and O–H groups in total. The van der Waals surface area contributed by atoms with Gasteiger partial charge < -0.3 is 16.0 Å². The molecule has 29 heavy (non-hydrogen) atoms. The van der Waals surface area contributed by atoms with Gasteiger partial charge in [0.25, 0.3) is 5.91 Å². The summed E-state index contributed by atoms with van der Waals surface area (Å²) in [4.78, 5) is 22.6. The van der Waals surface area contributed by atoms with Crippen LogP contribution in [0.3, 0.4) is 0 Å². The van der Waals surface area contributed by atoms with Crippen molar-refractivity contribution in [3.8, 4) is 0 Å². The van der Waals surface area contributed by atoms with Gasteiger partial charge in [-0.25, -0.2) is 0 Å². The van der Waals surface area contributed by atoms with Crippen LogP contribution in [0.2, 0.25) is 0 Å². The van der Waals surface area contributed by atoms with Gasteiger partial charge in [-0.05, 0) is 72.9 Å². The topological polar surface area (TPSA) is 94.3 Å². The molecule has 0 aromatic heterocycles. The molecule has 0 unspecified atom stereocenters. The summed E-state index contributed by atoms with van der Waals surface area (Å²) >= 11 is 5.30. The molecule has 7 nitrogen and oxygen atoms in total. The number of anilines is 4. The van der Waals surface area contributed by atoms with Crippen molar-refractivity contribution in [2.45, 2.75) is 0 Å². The van der Waals surface area contributed by atoms with Crippen molar-refractivity contribution in [2.24, 2.45) is 0 Å². The molecule has 3 aromatic rings. The van der Waals surface area contributed by atoms with E-state index in [2.05, 4.69) is 26.8 Å². The first-order valence-electron chi connectivity index (χ1n) is 8.74. The summed E-state index contributed by atoms with van der Waals surface area (Å²) in [6.45, 7) is 0. The van der Waals surface area contributed by atoms with Gasteiger partial charge in [-0.1, -0.05) is 18.2 Å². The van der Waals surface area contributed by atoms with Crippen molar-refractivity contribution < 1.29 is 9.59 Å². The fourth-order valence-electron chi connectivity index (χ4n) is 2.47.